The summed E-state index contributed by atoms with van der Waals surface area (Å²) in [6.07, 6.45) is 4.40. The maximum atomic E-state index is 9.00. The third kappa shape index (κ3) is 17.2. The molecular formula is C54H61BFY-. The van der Waals surface area contributed by atoms with Gasteiger partial charge in [-0.15, -0.1) is 23.3 Å². The molecule has 7 aromatic carbocycles. The van der Waals surface area contributed by atoms with Gasteiger partial charge in [0.25, 0.3) is 0 Å². The summed E-state index contributed by atoms with van der Waals surface area (Å²) in [6, 6.07) is 65.1. The number of rotatable bonds is 0. The molecule has 0 heterocycles. The quantitative estimate of drug-likeness (QED) is 0.106. The van der Waals surface area contributed by atoms with E-state index in [1.165, 1.54) is 66.8 Å². The van der Waals surface area contributed by atoms with Crippen LogP contribution in [-0.2, 0) is 39.1 Å². The van der Waals surface area contributed by atoms with Gasteiger partial charge in [-0.25, -0.2) is 6.08 Å². The Morgan fingerprint density at radius 1 is 0.368 bits per heavy atom. The molecule has 3 heteroatoms. The van der Waals surface area contributed by atoms with E-state index in [0.29, 0.717) is 0 Å². The van der Waals surface area contributed by atoms with E-state index in [0.717, 1.165) is 6.42 Å². The van der Waals surface area contributed by atoms with Gasteiger partial charge in [0.2, 0.25) is 0 Å². The molecule has 0 amide bonds. The van der Waals surface area contributed by atoms with Gasteiger partial charge in [0.05, 0.1) is 0 Å². The Balaban J connectivity index is 0.000000683. The van der Waals surface area contributed by atoms with Crippen LogP contribution in [-0.4, -0.2) is 8.12 Å². The van der Waals surface area contributed by atoms with Gasteiger partial charge in [-0.3, -0.25) is 0 Å². The van der Waals surface area contributed by atoms with Gasteiger partial charge < -0.3 is 4.32 Å². The van der Waals surface area contributed by atoms with Crippen LogP contribution in [0.2, 0.25) is 0 Å². The standard InChI is InChI=1S/C15H11.C13H10.3C7H8.2C2H6.CH4.BF.Y/c1-2-11-12-7-3-5-9-14(12)15-10-6-4-8-13(11)15;1-3-7-12-10(5-1)9-11-6-2-4-8-13(11)12;3*1-7-5-3-2-4-6-7;2*1-2;;1-2;/h3-10H,1H3;1-8H,9H2;3*2-6H,1H3;2*1-2H3;1H4;;/q-1;;;;;;;;;. The van der Waals surface area contributed by atoms with Crippen molar-refractivity contribution in [1.82, 2.24) is 0 Å². The molecule has 3 radical (unpaired) electrons. The van der Waals surface area contributed by atoms with Crippen LogP contribution in [0.25, 0.3) is 27.8 Å². The first-order chi connectivity index (χ1) is 27.0. The summed E-state index contributed by atoms with van der Waals surface area (Å²) in [5.74, 6) is 0. The van der Waals surface area contributed by atoms with Crippen LogP contribution in [0.4, 0.5) is 4.32 Å². The van der Waals surface area contributed by atoms with Gasteiger partial charge in [0.15, 0.2) is 0 Å². The number of allylic oxidation sites excluding steroid dienone is 1. The minimum Gasteiger partial charge on any atom is -0.350 e. The van der Waals surface area contributed by atoms with Crippen molar-refractivity contribution in [3.63, 3.8) is 0 Å². The molecule has 7 aromatic rings. The molecule has 0 saturated heterocycles. The van der Waals surface area contributed by atoms with Crippen LogP contribution < -0.4 is 0 Å². The number of fused-ring (bicyclic) bond motifs is 6. The molecular weight excluding hydrogens is 767 g/mol. The second-order valence-electron chi connectivity index (χ2n) is 12.2. The molecule has 0 bridgehead atoms. The second-order valence-corrected chi connectivity index (χ2v) is 12.2. The van der Waals surface area contributed by atoms with Gasteiger partial charge >= 0.3 is 8.12 Å². The van der Waals surface area contributed by atoms with E-state index < -0.39 is 0 Å². The predicted molar refractivity (Wildman–Crippen MR) is 248 cm³/mol. The van der Waals surface area contributed by atoms with Crippen molar-refractivity contribution in [2.45, 2.75) is 69.2 Å². The molecule has 291 valence electrons. The number of hydrogen-bond acceptors (Lipinski definition) is 0. The SMILES string of the molecule is C.CC.CC.C[C-]=C1c2ccccc2-c2ccccc21.Cc1ccccc1.Cc1ccccc1.Cc1ccccc1.[B]F.[Y].c1ccc2c(c1)Cc1ccccc1-2. The van der Waals surface area contributed by atoms with Crippen molar-refractivity contribution in [2.75, 3.05) is 0 Å². The molecule has 0 N–H and O–H groups in total. The van der Waals surface area contributed by atoms with Crippen molar-refractivity contribution in [2.24, 2.45) is 0 Å². The van der Waals surface area contributed by atoms with E-state index >= 15 is 0 Å². The third-order valence-electron chi connectivity index (χ3n) is 8.46. The molecule has 0 saturated carbocycles. The first kappa shape index (κ1) is 52.4. The van der Waals surface area contributed by atoms with Crippen molar-refractivity contribution in [3.05, 3.63) is 233 Å². The number of hydrogen-bond donors (Lipinski definition) is 0. The average Bonchev–Trinajstić information content (AvgIpc) is 3.80. The Kier molecular flexibility index (Phi) is 28.9. The summed E-state index contributed by atoms with van der Waals surface area (Å²) in [5.41, 5.74) is 16.2. The minimum absolute atomic E-state index is 0. The van der Waals surface area contributed by atoms with Gasteiger partial charge in [-0.2, -0.15) is 5.57 Å². The third-order valence-corrected chi connectivity index (χ3v) is 8.46. The molecule has 9 rings (SSSR count). The summed E-state index contributed by atoms with van der Waals surface area (Å²) >= 11 is 0. The maximum absolute atomic E-state index is 9.00. The van der Waals surface area contributed by atoms with E-state index in [-0.39, 0.29) is 40.1 Å². The van der Waals surface area contributed by atoms with Crippen LogP contribution in [0.5, 0.6) is 0 Å². The molecule has 0 unspecified atom stereocenters. The van der Waals surface area contributed by atoms with E-state index in [9.17, 15) is 0 Å². The fourth-order valence-electron chi connectivity index (χ4n) is 5.97. The zero-order chi connectivity index (χ0) is 40.3. The van der Waals surface area contributed by atoms with E-state index in [2.05, 4.69) is 168 Å². The molecule has 2 aliphatic rings. The minimum atomic E-state index is 0. The smallest absolute Gasteiger partial charge is 0.350 e. The molecule has 0 aromatic heterocycles. The van der Waals surface area contributed by atoms with Crippen molar-refractivity contribution in [1.29, 1.82) is 0 Å². The van der Waals surface area contributed by atoms with Gasteiger partial charge in [0.1, 0.15) is 0 Å². The van der Waals surface area contributed by atoms with E-state index in [1.54, 1.807) is 0 Å². The fraction of sp³-hybridized carbons (Fsp3) is 0.185. The summed E-state index contributed by atoms with van der Waals surface area (Å²) < 4.78 is 9.00. The van der Waals surface area contributed by atoms with Gasteiger partial charge in [-0.05, 0) is 49.4 Å². The summed E-state index contributed by atoms with van der Waals surface area (Å²) in [5, 5.41) is 0. The normalized spacial score (nSPS) is 9.53. The molecule has 0 aliphatic heterocycles. The topological polar surface area (TPSA) is 0 Å². The zero-order valence-electron chi connectivity index (χ0n) is 34.6. The molecule has 0 nitrogen and oxygen atoms in total. The van der Waals surface area contributed by atoms with Crippen molar-refractivity contribution >= 4 is 13.7 Å². The van der Waals surface area contributed by atoms with Crippen molar-refractivity contribution in [3.8, 4) is 22.3 Å². The van der Waals surface area contributed by atoms with Crippen LogP contribution in [0.1, 0.15) is 81.0 Å². The first-order valence-electron chi connectivity index (χ1n) is 19.2. The van der Waals surface area contributed by atoms with Gasteiger partial charge in [0, 0.05) is 32.7 Å². The van der Waals surface area contributed by atoms with E-state index in [1.807, 2.05) is 89.2 Å². The maximum Gasteiger partial charge on any atom is 0.350 e. The Bertz CT molecular complexity index is 1890. The molecule has 0 fully saturated rings. The summed E-state index contributed by atoms with van der Waals surface area (Å²) in [7, 11) is 3.00. The monoisotopic (exact) mass is 828 g/mol. The van der Waals surface area contributed by atoms with Crippen LogP contribution in [0, 0.1) is 26.8 Å². The predicted octanol–water partition coefficient (Wildman–Crippen LogP) is 15.9. The first-order valence-corrected chi connectivity index (χ1v) is 19.2. The Morgan fingerprint density at radius 2 is 0.596 bits per heavy atom. The Hall–Kier alpha value is -4.62. The van der Waals surface area contributed by atoms with Gasteiger partial charge in [-0.1, -0.05) is 246 Å². The molecule has 2 aliphatic carbocycles. The summed E-state index contributed by atoms with van der Waals surface area (Å²) in [4.78, 5) is 0. The van der Waals surface area contributed by atoms with Crippen LogP contribution in [0.15, 0.2) is 188 Å². The Labute approximate surface area is 372 Å². The molecule has 0 spiro atoms. The fourth-order valence-corrected chi connectivity index (χ4v) is 5.97. The second kappa shape index (κ2) is 31.5. The van der Waals surface area contributed by atoms with Crippen LogP contribution in [0.3, 0.4) is 0 Å². The summed E-state index contributed by atoms with van der Waals surface area (Å²) in [6.45, 7) is 16.2. The number of aryl methyl sites for hydroxylation is 3. The number of benzene rings is 7. The molecule has 0 atom stereocenters. The Morgan fingerprint density at radius 3 is 0.842 bits per heavy atom. The molecule has 57 heavy (non-hydrogen) atoms. The average molecular weight is 829 g/mol. The zero-order valence-corrected chi connectivity index (χ0v) is 37.5. The van der Waals surface area contributed by atoms with Crippen molar-refractivity contribution < 1.29 is 37.0 Å². The number of halogens is 1. The van der Waals surface area contributed by atoms with E-state index in [4.69, 9.17) is 4.32 Å². The van der Waals surface area contributed by atoms with Crippen LogP contribution >= 0.6 is 0 Å². The largest absolute Gasteiger partial charge is 0.350 e.